The summed E-state index contributed by atoms with van der Waals surface area (Å²) in [5.74, 6) is 0.852. The minimum atomic E-state index is -0.997. The number of aliphatic hydroxyl groups is 1. The molecule has 1 fully saturated rings. The summed E-state index contributed by atoms with van der Waals surface area (Å²) in [7, 11) is 0. The highest BCUT2D eigenvalue weighted by Crippen LogP contribution is 2.35. The first-order valence-corrected chi connectivity index (χ1v) is 11.5. The zero-order valence-electron chi connectivity index (χ0n) is 19.1. The quantitative estimate of drug-likeness (QED) is 0.443. The van der Waals surface area contributed by atoms with Gasteiger partial charge < -0.3 is 25.8 Å². The van der Waals surface area contributed by atoms with Crippen LogP contribution < -0.4 is 20.7 Å². The van der Waals surface area contributed by atoms with Gasteiger partial charge in [-0.15, -0.1) is 0 Å². The fraction of sp³-hybridized carbons (Fsp3) is 0.360. The smallest absolute Gasteiger partial charge is 0.263 e. The number of carbonyl (C=O) groups excluding carboxylic acids is 1. The Morgan fingerprint density at radius 3 is 2.88 bits per heavy atom. The van der Waals surface area contributed by atoms with E-state index in [1.54, 1.807) is 6.20 Å². The normalized spacial score (nSPS) is 21.9. The van der Waals surface area contributed by atoms with Gasteiger partial charge in [0.2, 0.25) is 0 Å². The lowest BCUT2D eigenvalue weighted by molar-refractivity contribution is -0.118. The van der Waals surface area contributed by atoms with Gasteiger partial charge in [0.05, 0.1) is 16.9 Å². The van der Waals surface area contributed by atoms with Crippen LogP contribution in [0.5, 0.6) is 5.75 Å². The van der Waals surface area contributed by atoms with Crippen LogP contribution >= 0.6 is 0 Å². The molecule has 0 unspecified atom stereocenters. The number of ether oxygens (including phenoxy) is 1. The van der Waals surface area contributed by atoms with E-state index in [-0.39, 0.29) is 18.6 Å². The van der Waals surface area contributed by atoms with E-state index in [1.807, 2.05) is 37.3 Å². The molecule has 1 saturated carbocycles. The number of anilines is 2. The molecule has 4 heterocycles. The number of hydrogen-bond acceptors (Lipinski definition) is 8. The number of aryl methyl sites for hydroxylation is 1. The third-order valence-electron chi connectivity index (χ3n) is 6.49. The van der Waals surface area contributed by atoms with Gasteiger partial charge in [0.1, 0.15) is 11.1 Å². The molecule has 1 aliphatic carbocycles. The predicted molar refractivity (Wildman–Crippen MR) is 129 cm³/mol. The predicted octanol–water partition coefficient (Wildman–Crippen LogP) is 3.05. The second kappa shape index (κ2) is 9.00. The van der Waals surface area contributed by atoms with E-state index >= 15 is 0 Å². The molecule has 3 aromatic rings. The molecular formula is C25H28N6O3. The van der Waals surface area contributed by atoms with E-state index in [0.29, 0.717) is 36.7 Å². The molecule has 0 radical (unpaired) electrons. The molecule has 5 rings (SSSR count). The maximum absolute atomic E-state index is 11.5. The number of rotatable bonds is 6. The largest absolute Gasteiger partial charge is 0.480 e. The summed E-state index contributed by atoms with van der Waals surface area (Å²) in [5.41, 5.74) is 3.66. The van der Waals surface area contributed by atoms with Crippen LogP contribution in [0.1, 0.15) is 37.1 Å². The van der Waals surface area contributed by atoms with Gasteiger partial charge in [0, 0.05) is 30.2 Å². The van der Waals surface area contributed by atoms with Crippen molar-refractivity contribution >= 4 is 28.4 Å². The lowest BCUT2D eigenvalue weighted by Crippen LogP contribution is -2.43. The zero-order chi connectivity index (χ0) is 23.7. The van der Waals surface area contributed by atoms with Crippen LogP contribution in [0.2, 0.25) is 0 Å². The van der Waals surface area contributed by atoms with Crippen LogP contribution in [0.3, 0.4) is 0 Å². The Bertz CT molecular complexity index is 1250. The third kappa shape index (κ3) is 4.57. The second-order valence-corrected chi connectivity index (χ2v) is 8.96. The van der Waals surface area contributed by atoms with E-state index in [1.165, 1.54) is 0 Å². The molecular weight excluding hydrogens is 432 g/mol. The first kappa shape index (κ1) is 22.2. The summed E-state index contributed by atoms with van der Waals surface area (Å²) in [6, 6.07) is 9.70. The molecule has 4 N–H and O–H groups in total. The number of pyridine rings is 3. The molecule has 176 valence electrons. The SMILES string of the molecule is C=C(Nc1ccnc2ccc(C)nc12)C1(O)CCC(NCc2ccc3c(n2)NC(=O)CO3)CC1. The highest BCUT2D eigenvalue weighted by molar-refractivity contribution is 5.94. The van der Waals surface area contributed by atoms with Gasteiger partial charge in [-0.25, -0.2) is 9.97 Å². The Balaban J connectivity index is 1.18. The molecule has 0 saturated heterocycles. The fourth-order valence-corrected chi connectivity index (χ4v) is 4.46. The molecule has 0 aromatic carbocycles. The van der Waals surface area contributed by atoms with Crippen LogP contribution in [0.25, 0.3) is 11.0 Å². The third-order valence-corrected chi connectivity index (χ3v) is 6.49. The molecule has 34 heavy (non-hydrogen) atoms. The minimum Gasteiger partial charge on any atom is -0.480 e. The molecule has 2 aliphatic rings. The summed E-state index contributed by atoms with van der Waals surface area (Å²) in [6.07, 6.45) is 4.51. The van der Waals surface area contributed by atoms with Gasteiger partial charge in [-0.3, -0.25) is 9.78 Å². The van der Waals surface area contributed by atoms with Gasteiger partial charge in [-0.1, -0.05) is 6.58 Å². The first-order chi connectivity index (χ1) is 16.4. The van der Waals surface area contributed by atoms with Crippen LogP contribution in [0.4, 0.5) is 11.5 Å². The number of fused-ring (bicyclic) bond motifs is 2. The Kier molecular flexibility index (Phi) is 5.89. The standard InChI is InChI=1S/C25H28N6O3/c1-15-3-5-19-23(28-15)20(9-12-26-19)29-16(2)25(33)10-7-17(8-11-25)27-13-18-4-6-21-24(30-18)31-22(32)14-34-21/h3-6,9,12,17,27,33H,2,7-8,10-11,13-14H2,1H3,(H,26,29)(H,30,31,32). The van der Waals surface area contributed by atoms with Crippen molar-refractivity contribution in [1.82, 2.24) is 20.3 Å². The molecule has 1 aliphatic heterocycles. The van der Waals surface area contributed by atoms with Crippen LogP contribution in [-0.4, -0.2) is 44.2 Å². The van der Waals surface area contributed by atoms with Crippen molar-refractivity contribution in [3.63, 3.8) is 0 Å². The van der Waals surface area contributed by atoms with Crippen molar-refractivity contribution < 1.29 is 14.6 Å². The van der Waals surface area contributed by atoms with E-state index in [0.717, 1.165) is 41.0 Å². The molecule has 9 heteroatoms. The molecule has 9 nitrogen and oxygen atoms in total. The van der Waals surface area contributed by atoms with Crippen molar-refractivity contribution in [1.29, 1.82) is 0 Å². The van der Waals surface area contributed by atoms with Gasteiger partial charge in [0.25, 0.3) is 5.91 Å². The summed E-state index contributed by atoms with van der Waals surface area (Å²) in [4.78, 5) is 25.0. The lowest BCUT2D eigenvalue weighted by atomic mass is 9.80. The first-order valence-electron chi connectivity index (χ1n) is 11.5. The Labute approximate surface area is 197 Å². The summed E-state index contributed by atoms with van der Waals surface area (Å²) >= 11 is 0. The molecule has 0 bridgehead atoms. The Morgan fingerprint density at radius 2 is 2.06 bits per heavy atom. The van der Waals surface area contributed by atoms with Crippen LogP contribution in [-0.2, 0) is 11.3 Å². The number of nitrogens with one attached hydrogen (secondary N) is 3. The number of carbonyl (C=O) groups is 1. The van der Waals surface area contributed by atoms with Crippen molar-refractivity contribution in [2.75, 3.05) is 17.2 Å². The minimum absolute atomic E-state index is 0.0188. The maximum Gasteiger partial charge on any atom is 0.263 e. The molecule has 3 aromatic heterocycles. The number of hydrogen-bond donors (Lipinski definition) is 4. The molecule has 0 atom stereocenters. The number of nitrogens with zero attached hydrogens (tertiary/aromatic N) is 3. The molecule has 0 spiro atoms. The highest BCUT2D eigenvalue weighted by Gasteiger charge is 2.36. The van der Waals surface area contributed by atoms with Crippen molar-refractivity contribution in [3.05, 3.63) is 60.2 Å². The van der Waals surface area contributed by atoms with Gasteiger partial charge in [-0.05, 0) is 62.9 Å². The summed E-state index contributed by atoms with van der Waals surface area (Å²) < 4.78 is 5.36. The number of amides is 1. The number of aromatic nitrogens is 3. The fourth-order valence-electron chi connectivity index (χ4n) is 4.46. The van der Waals surface area contributed by atoms with Gasteiger partial charge in [0.15, 0.2) is 18.2 Å². The average molecular weight is 461 g/mol. The van der Waals surface area contributed by atoms with Gasteiger partial charge in [-0.2, -0.15) is 0 Å². The van der Waals surface area contributed by atoms with E-state index in [2.05, 4.69) is 37.5 Å². The van der Waals surface area contributed by atoms with Gasteiger partial charge >= 0.3 is 0 Å². The van der Waals surface area contributed by atoms with Crippen molar-refractivity contribution in [2.45, 2.75) is 50.8 Å². The Hall–Kier alpha value is -3.56. The highest BCUT2D eigenvalue weighted by atomic mass is 16.5. The van der Waals surface area contributed by atoms with Crippen LogP contribution in [0.15, 0.2) is 48.8 Å². The second-order valence-electron chi connectivity index (χ2n) is 8.96. The average Bonchev–Trinajstić information content (AvgIpc) is 2.84. The van der Waals surface area contributed by atoms with E-state index < -0.39 is 5.60 Å². The van der Waals surface area contributed by atoms with Crippen molar-refractivity contribution in [3.8, 4) is 5.75 Å². The lowest BCUT2D eigenvalue weighted by Gasteiger charge is -2.38. The monoisotopic (exact) mass is 460 g/mol. The van der Waals surface area contributed by atoms with Crippen molar-refractivity contribution in [2.24, 2.45) is 0 Å². The molecule has 1 amide bonds. The van der Waals surface area contributed by atoms with E-state index in [4.69, 9.17) is 4.74 Å². The van der Waals surface area contributed by atoms with E-state index in [9.17, 15) is 9.90 Å². The zero-order valence-corrected chi connectivity index (χ0v) is 19.1. The topological polar surface area (TPSA) is 121 Å². The maximum atomic E-state index is 11.5. The van der Waals surface area contributed by atoms with Crippen LogP contribution in [0, 0.1) is 6.92 Å². The summed E-state index contributed by atoms with van der Waals surface area (Å²) in [6.45, 7) is 6.68. The summed E-state index contributed by atoms with van der Waals surface area (Å²) in [5, 5.41) is 20.9. The Morgan fingerprint density at radius 1 is 1.24 bits per heavy atom.